The lowest BCUT2D eigenvalue weighted by molar-refractivity contribution is -0.132. The number of piperidine rings is 1. The molecule has 0 radical (unpaired) electrons. The Hall–Kier alpha value is -1.59. The lowest BCUT2D eigenvalue weighted by atomic mass is 10.00. The van der Waals surface area contributed by atoms with Crippen molar-refractivity contribution in [3.05, 3.63) is 0 Å². The summed E-state index contributed by atoms with van der Waals surface area (Å²) < 4.78 is 5.04. The van der Waals surface area contributed by atoms with E-state index in [1.807, 2.05) is 0 Å². The lowest BCUT2D eigenvalue weighted by Gasteiger charge is -2.30. The van der Waals surface area contributed by atoms with E-state index in [4.69, 9.17) is 4.74 Å². The highest BCUT2D eigenvalue weighted by Gasteiger charge is 2.24. The Morgan fingerprint density at radius 2 is 2.11 bits per heavy atom. The summed E-state index contributed by atoms with van der Waals surface area (Å²) >= 11 is 0. The van der Waals surface area contributed by atoms with Crippen LogP contribution in [0.2, 0.25) is 0 Å². The predicted molar refractivity (Wildman–Crippen MR) is 69.6 cm³/mol. The van der Waals surface area contributed by atoms with Crippen LogP contribution in [0.25, 0.3) is 0 Å². The molecule has 6 nitrogen and oxygen atoms in total. The standard InChI is InChI=1S/C13H22N2O4/c1-13(2,3)19-12(18)14-7-11(17)15-6-4-5-10(8-15)9-16/h9-10H,4-8H2,1-3H3,(H,14,18)/t10-/m1/s1. The average molecular weight is 270 g/mol. The number of carbonyl (C=O) groups excluding carboxylic acids is 3. The number of nitrogens with one attached hydrogen (secondary N) is 1. The van der Waals surface area contributed by atoms with E-state index in [0.29, 0.717) is 13.1 Å². The monoisotopic (exact) mass is 270 g/mol. The highest BCUT2D eigenvalue weighted by Crippen LogP contribution is 2.14. The molecule has 0 aromatic rings. The van der Waals surface area contributed by atoms with Gasteiger partial charge in [-0.25, -0.2) is 4.79 Å². The van der Waals surface area contributed by atoms with Crippen molar-refractivity contribution in [1.29, 1.82) is 0 Å². The summed E-state index contributed by atoms with van der Waals surface area (Å²) in [5, 5.41) is 2.43. The minimum Gasteiger partial charge on any atom is -0.444 e. The minimum atomic E-state index is -0.607. The Bertz CT molecular complexity index is 349. The molecule has 0 aliphatic carbocycles. The van der Waals surface area contributed by atoms with Gasteiger partial charge in [-0.3, -0.25) is 4.79 Å². The maximum absolute atomic E-state index is 11.9. The molecule has 108 valence electrons. The van der Waals surface area contributed by atoms with E-state index in [9.17, 15) is 14.4 Å². The summed E-state index contributed by atoms with van der Waals surface area (Å²) in [4.78, 5) is 35.6. The molecule has 1 N–H and O–H groups in total. The zero-order valence-electron chi connectivity index (χ0n) is 11.8. The van der Waals surface area contributed by atoms with Crippen molar-refractivity contribution in [3.8, 4) is 0 Å². The van der Waals surface area contributed by atoms with Gasteiger partial charge in [0.15, 0.2) is 0 Å². The number of likely N-dealkylation sites (tertiary alicyclic amines) is 1. The summed E-state index contributed by atoms with van der Waals surface area (Å²) in [6.45, 7) is 6.26. The molecule has 19 heavy (non-hydrogen) atoms. The first-order valence-corrected chi connectivity index (χ1v) is 6.52. The Balaban J connectivity index is 2.34. The SMILES string of the molecule is CC(C)(C)OC(=O)NCC(=O)N1CCC[C@@H](C=O)C1. The van der Waals surface area contributed by atoms with Crippen LogP contribution in [0.4, 0.5) is 4.79 Å². The first kappa shape index (κ1) is 15.5. The van der Waals surface area contributed by atoms with Gasteiger partial charge >= 0.3 is 6.09 Å². The fourth-order valence-electron chi connectivity index (χ4n) is 1.92. The second-order valence-electron chi connectivity index (χ2n) is 5.73. The van der Waals surface area contributed by atoms with Crippen molar-refractivity contribution in [2.45, 2.75) is 39.2 Å². The molecule has 0 bridgehead atoms. The fourth-order valence-corrected chi connectivity index (χ4v) is 1.92. The number of hydrogen-bond donors (Lipinski definition) is 1. The number of alkyl carbamates (subject to hydrolysis) is 1. The van der Waals surface area contributed by atoms with Crippen molar-refractivity contribution in [2.24, 2.45) is 5.92 Å². The Labute approximate surface area is 113 Å². The smallest absolute Gasteiger partial charge is 0.408 e. The summed E-state index contributed by atoms with van der Waals surface area (Å²) in [6.07, 6.45) is 1.93. The topological polar surface area (TPSA) is 75.7 Å². The highest BCUT2D eigenvalue weighted by molar-refractivity contribution is 5.82. The number of ether oxygens (including phenoxy) is 1. The fraction of sp³-hybridized carbons (Fsp3) is 0.769. The normalized spacial score (nSPS) is 19.7. The largest absolute Gasteiger partial charge is 0.444 e. The van der Waals surface area contributed by atoms with Crippen LogP contribution in [0.3, 0.4) is 0 Å². The maximum Gasteiger partial charge on any atom is 0.408 e. The Kier molecular flexibility index (Phi) is 5.32. The van der Waals surface area contributed by atoms with Gasteiger partial charge in [0.2, 0.25) is 5.91 Å². The van der Waals surface area contributed by atoms with Crippen LogP contribution in [0, 0.1) is 5.92 Å². The van der Waals surface area contributed by atoms with E-state index >= 15 is 0 Å². The number of amides is 2. The summed E-state index contributed by atoms with van der Waals surface area (Å²) in [6, 6.07) is 0. The third-order valence-corrected chi connectivity index (χ3v) is 2.79. The number of rotatable bonds is 3. The first-order chi connectivity index (χ1) is 8.81. The molecule has 6 heteroatoms. The molecule has 0 unspecified atom stereocenters. The van der Waals surface area contributed by atoms with Crippen molar-refractivity contribution >= 4 is 18.3 Å². The van der Waals surface area contributed by atoms with Gasteiger partial charge in [0, 0.05) is 19.0 Å². The van der Waals surface area contributed by atoms with Crippen molar-refractivity contribution < 1.29 is 19.1 Å². The zero-order valence-corrected chi connectivity index (χ0v) is 11.8. The van der Waals surface area contributed by atoms with E-state index in [2.05, 4.69) is 5.32 Å². The second-order valence-corrected chi connectivity index (χ2v) is 5.73. The van der Waals surface area contributed by atoms with Crippen LogP contribution in [0.1, 0.15) is 33.6 Å². The van der Waals surface area contributed by atoms with Crippen molar-refractivity contribution in [3.63, 3.8) is 0 Å². The van der Waals surface area contributed by atoms with Crippen LogP contribution in [0.5, 0.6) is 0 Å². The van der Waals surface area contributed by atoms with Crippen LogP contribution >= 0.6 is 0 Å². The van der Waals surface area contributed by atoms with Crippen LogP contribution < -0.4 is 5.32 Å². The number of aldehydes is 1. The van der Waals surface area contributed by atoms with E-state index < -0.39 is 11.7 Å². The van der Waals surface area contributed by atoms with Crippen LogP contribution in [0.15, 0.2) is 0 Å². The van der Waals surface area contributed by atoms with Gasteiger partial charge in [-0.1, -0.05) is 0 Å². The van der Waals surface area contributed by atoms with E-state index in [1.54, 1.807) is 25.7 Å². The van der Waals surface area contributed by atoms with E-state index in [-0.39, 0.29) is 18.4 Å². The molecule has 1 atom stereocenters. The zero-order chi connectivity index (χ0) is 14.5. The molecule has 0 saturated carbocycles. The Morgan fingerprint density at radius 3 is 2.68 bits per heavy atom. The van der Waals surface area contributed by atoms with Gasteiger partial charge < -0.3 is 19.7 Å². The van der Waals surface area contributed by atoms with Crippen LogP contribution in [-0.4, -0.2) is 48.4 Å². The molecular weight excluding hydrogens is 248 g/mol. The third-order valence-electron chi connectivity index (χ3n) is 2.79. The molecule has 1 aliphatic rings. The molecule has 0 aromatic carbocycles. The quantitative estimate of drug-likeness (QED) is 0.775. The summed E-state index contributed by atoms with van der Waals surface area (Å²) in [5.41, 5.74) is -0.582. The van der Waals surface area contributed by atoms with Gasteiger partial charge in [0.05, 0.1) is 0 Å². The Morgan fingerprint density at radius 1 is 1.42 bits per heavy atom. The third kappa shape index (κ3) is 5.72. The van der Waals surface area contributed by atoms with E-state index in [0.717, 1.165) is 19.1 Å². The molecule has 1 heterocycles. The molecule has 1 fully saturated rings. The molecule has 0 aromatic heterocycles. The maximum atomic E-state index is 11.9. The number of hydrogen-bond acceptors (Lipinski definition) is 4. The minimum absolute atomic E-state index is 0.0840. The van der Waals surface area contributed by atoms with E-state index in [1.165, 1.54) is 0 Å². The first-order valence-electron chi connectivity index (χ1n) is 6.52. The van der Waals surface area contributed by atoms with Gasteiger partial charge in [-0.2, -0.15) is 0 Å². The molecular formula is C13H22N2O4. The molecule has 1 aliphatic heterocycles. The second kappa shape index (κ2) is 6.54. The van der Waals surface area contributed by atoms with Crippen molar-refractivity contribution in [2.75, 3.05) is 19.6 Å². The highest BCUT2D eigenvalue weighted by atomic mass is 16.6. The van der Waals surface area contributed by atoms with Gasteiger partial charge in [0.25, 0.3) is 0 Å². The van der Waals surface area contributed by atoms with Crippen LogP contribution in [-0.2, 0) is 14.3 Å². The molecule has 1 saturated heterocycles. The molecule has 1 rings (SSSR count). The van der Waals surface area contributed by atoms with Gasteiger partial charge in [-0.05, 0) is 33.6 Å². The van der Waals surface area contributed by atoms with Crippen molar-refractivity contribution in [1.82, 2.24) is 10.2 Å². The predicted octanol–water partition coefficient (Wildman–Crippen LogP) is 0.949. The average Bonchev–Trinajstić information content (AvgIpc) is 2.34. The summed E-state index contributed by atoms with van der Waals surface area (Å²) in [7, 11) is 0. The molecule has 0 spiro atoms. The van der Waals surface area contributed by atoms with Gasteiger partial charge in [-0.15, -0.1) is 0 Å². The summed E-state index contributed by atoms with van der Waals surface area (Å²) in [5.74, 6) is -0.267. The number of nitrogens with zero attached hydrogens (tertiary/aromatic N) is 1. The number of carbonyl (C=O) groups is 3. The van der Waals surface area contributed by atoms with Gasteiger partial charge in [0.1, 0.15) is 18.4 Å². The molecule has 2 amide bonds. The lowest BCUT2D eigenvalue weighted by Crippen LogP contribution is -2.46.